The quantitative estimate of drug-likeness (QED) is 0.433. The predicted octanol–water partition coefficient (Wildman–Crippen LogP) is 2.05. The molecule has 2 aliphatic rings. The van der Waals surface area contributed by atoms with Gasteiger partial charge >= 0.3 is 0 Å². The van der Waals surface area contributed by atoms with E-state index in [9.17, 15) is 0 Å². The molecule has 0 heterocycles. The van der Waals surface area contributed by atoms with Gasteiger partial charge in [-0.1, -0.05) is 13.3 Å². The SMILES string of the molecule is CC1CCC2C[C@@H]12. The van der Waals surface area contributed by atoms with Crippen LogP contribution in [0.2, 0.25) is 0 Å². The second-order valence-corrected chi connectivity index (χ2v) is 3.21. The number of rotatable bonds is 0. The molecule has 0 radical (unpaired) electrons. The fourth-order valence-corrected chi connectivity index (χ4v) is 1.99. The van der Waals surface area contributed by atoms with Crippen molar-refractivity contribution in [2.45, 2.75) is 26.2 Å². The van der Waals surface area contributed by atoms with E-state index < -0.39 is 0 Å². The minimum absolute atomic E-state index is 1.09. The van der Waals surface area contributed by atoms with Crippen molar-refractivity contribution in [2.24, 2.45) is 17.8 Å². The van der Waals surface area contributed by atoms with Gasteiger partial charge in [0.25, 0.3) is 0 Å². The predicted molar refractivity (Wildman–Crippen MR) is 30.0 cm³/mol. The van der Waals surface area contributed by atoms with Gasteiger partial charge in [0.1, 0.15) is 0 Å². The van der Waals surface area contributed by atoms with Gasteiger partial charge in [0.05, 0.1) is 0 Å². The zero-order chi connectivity index (χ0) is 4.85. The Hall–Kier alpha value is 0. The number of hydrogen-bond acceptors (Lipinski definition) is 0. The van der Waals surface area contributed by atoms with Gasteiger partial charge in [0, 0.05) is 0 Å². The lowest BCUT2D eigenvalue weighted by Gasteiger charge is -1.98. The monoisotopic (exact) mass is 96.1 g/mol. The van der Waals surface area contributed by atoms with Crippen molar-refractivity contribution < 1.29 is 0 Å². The fourth-order valence-electron chi connectivity index (χ4n) is 1.99. The second kappa shape index (κ2) is 1.04. The highest BCUT2D eigenvalue weighted by molar-refractivity contribution is 4.95. The summed E-state index contributed by atoms with van der Waals surface area (Å²) >= 11 is 0. The number of fused-ring (bicyclic) bond motifs is 1. The van der Waals surface area contributed by atoms with Crippen LogP contribution in [0, 0.1) is 17.8 Å². The van der Waals surface area contributed by atoms with Gasteiger partial charge in [-0.25, -0.2) is 0 Å². The number of hydrogen-bond donors (Lipinski definition) is 0. The second-order valence-electron chi connectivity index (χ2n) is 3.21. The van der Waals surface area contributed by atoms with E-state index in [1.165, 1.54) is 18.3 Å². The van der Waals surface area contributed by atoms with E-state index in [4.69, 9.17) is 0 Å². The lowest BCUT2D eigenvalue weighted by atomic mass is 10.1. The maximum atomic E-state index is 2.40. The van der Waals surface area contributed by atoms with Gasteiger partial charge in [0.2, 0.25) is 0 Å². The molecule has 2 saturated carbocycles. The fraction of sp³-hybridized carbons (Fsp3) is 1.00. The molecule has 0 nitrogen and oxygen atoms in total. The van der Waals surface area contributed by atoms with Gasteiger partial charge in [-0.15, -0.1) is 0 Å². The molecule has 0 N–H and O–H groups in total. The summed E-state index contributed by atoms with van der Waals surface area (Å²) in [5, 5.41) is 0. The molecule has 7 heavy (non-hydrogen) atoms. The Morgan fingerprint density at radius 3 is 2.29 bits per heavy atom. The molecule has 0 amide bonds. The molecular weight excluding hydrogens is 84.1 g/mol. The largest absolute Gasteiger partial charge is 0.0622 e. The van der Waals surface area contributed by atoms with Gasteiger partial charge in [-0.2, -0.15) is 0 Å². The summed E-state index contributed by atoms with van der Waals surface area (Å²) < 4.78 is 0. The molecule has 0 aromatic carbocycles. The van der Waals surface area contributed by atoms with Crippen LogP contribution in [0.25, 0.3) is 0 Å². The van der Waals surface area contributed by atoms with Crippen LogP contribution in [0.5, 0.6) is 0 Å². The van der Waals surface area contributed by atoms with Gasteiger partial charge < -0.3 is 0 Å². The molecule has 0 spiro atoms. The summed E-state index contributed by atoms with van der Waals surface area (Å²) in [4.78, 5) is 0. The first-order valence-corrected chi connectivity index (χ1v) is 3.38. The van der Waals surface area contributed by atoms with E-state index in [0.717, 1.165) is 5.92 Å². The average Bonchev–Trinajstić information content (AvgIpc) is 2.33. The Morgan fingerprint density at radius 1 is 1.29 bits per heavy atom. The summed E-state index contributed by atoms with van der Waals surface area (Å²) in [7, 11) is 0. The standard InChI is InChI=1S/C7H12/c1-5-2-3-6-4-7(5)6/h5-7H,2-4H2,1H3/t5?,6?,7-/m0/s1. The molecule has 3 atom stereocenters. The minimum atomic E-state index is 1.09. The molecule has 2 unspecified atom stereocenters. The highest BCUT2D eigenvalue weighted by atomic mass is 14.5. The lowest BCUT2D eigenvalue weighted by Crippen LogP contribution is -1.88. The van der Waals surface area contributed by atoms with Crippen molar-refractivity contribution in [1.29, 1.82) is 0 Å². The highest BCUT2D eigenvalue weighted by Gasteiger charge is 2.45. The summed E-state index contributed by atoms with van der Waals surface area (Å²) in [6.07, 6.45) is 4.64. The van der Waals surface area contributed by atoms with Crippen LogP contribution < -0.4 is 0 Å². The molecule has 2 rings (SSSR count). The Labute approximate surface area is 44.9 Å². The first-order valence-electron chi connectivity index (χ1n) is 3.38. The zero-order valence-corrected chi connectivity index (χ0v) is 4.85. The zero-order valence-electron chi connectivity index (χ0n) is 4.85. The molecule has 2 fully saturated rings. The molecule has 0 heteroatoms. The lowest BCUT2D eigenvalue weighted by molar-refractivity contribution is 0.530. The third-order valence-electron chi connectivity index (χ3n) is 2.70. The van der Waals surface area contributed by atoms with Gasteiger partial charge in [0.15, 0.2) is 0 Å². The molecular formula is C7H12. The van der Waals surface area contributed by atoms with Crippen molar-refractivity contribution in [2.75, 3.05) is 0 Å². The highest BCUT2D eigenvalue weighted by Crippen LogP contribution is 2.54. The van der Waals surface area contributed by atoms with Crippen LogP contribution >= 0.6 is 0 Å². The van der Waals surface area contributed by atoms with Crippen LogP contribution in [0.4, 0.5) is 0 Å². The molecule has 40 valence electrons. The van der Waals surface area contributed by atoms with Gasteiger partial charge in [-0.3, -0.25) is 0 Å². The van der Waals surface area contributed by atoms with E-state index in [0.29, 0.717) is 0 Å². The van der Waals surface area contributed by atoms with Gasteiger partial charge in [-0.05, 0) is 30.6 Å². The Bertz CT molecular complexity index is 86.0. The maximum absolute atomic E-state index is 2.40. The van der Waals surface area contributed by atoms with Crippen molar-refractivity contribution in [1.82, 2.24) is 0 Å². The Morgan fingerprint density at radius 2 is 2.14 bits per heavy atom. The van der Waals surface area contributed by atoms with Crippen molar-refractivity contribution in [3.63, 3.8) is 0 Å². The van der Waals surface area contributed by atoms with E-state index >= 15 is 0 Å². The van der Waals surface area contributed by atoms with E-state index in [2.05, 4.69) is 6.92 Å². The molecule has 0 aromatic heterocycles. The van der Waals surface area contributed by atoms with Crippen LogP contribution in [0.1, 0.15) is 26.2 Å². The molecule has 0 aromatic rings. The van der Waals surface area contributed by atoms with E-state index in [1.807, 2.05) is 0 Å². The van der Waals surface area contributed by atoms with Crippen molar-refractivity contribution in [3.8, 4) is 0 Å². The van der Waals surface area contributed by atoms with E-state index in [-0.39, 0.29) is 0 Å². The first kappa shape index (κ1) is 3.94. The molecule has 0 saturated heterocycles. The van der Waals surface area contributed by atoms with Crippen LogP contribution in [0.3, 0.4) is 0 Å². The Balaban J connectivity index is 2.08. The Kier molecular flexibility index (Phi) is 0.586. The maximum Gasteiger partial charge on any atom is -0.0357 e. The summed E-state index contributed by atoms with van der Waals surface area (Å²) in [6, 6.07) is 0. The first-order chi connectivity index (χ1) is 3.38. The minimum Gasteiger partial charge on any atom is -0.0622 e. The van der Waals surface area contributed by atoms with Crippen LogP contribution in [0.15, 0.2) is 0 Å². The molecule has 0 aliphatic heterocycles. The third kappa shape index (κ3) is 0.427. The van der Waals surface area contributed by atoms with Crippen molar-refractivity contribution in [3.05, 3.63) is 0 Å². The molecule has 2 aliphatic carbocycles. The van der Waals surface area contributed by atoms with Crippen molar-refractivity contribution >= 4 is 0 Å². The van der Waals surface area contributed by atoms with Crippen LogP contribution in [-0.2, 0) is 0 Å². The summed E-state index contributed by atoms with van der Waals surface area (Å²) in [6.45, 7) is 2.40. The smallest absolute Gasteiger partial charge is 0.0357 e. The third-order valence-corrected chi connectivity index (χ3v) is 2.70. The summed E-state index contributed by atoms with van der Waals surface area (Å²) in [5.74, 6) is 3.46. The molecule has 0 bridgehead atoms. The summed E-state index contributed by atoms with van der Waals surface area (Å²) in [5.41, 5.74) is 0. The normalized spacial score (nSPS) is 57.0. The topological polar surface area (TPSA) is 0 Å². The van der Waals surface area contributed by atoms with E-state index in [1.54, 1.807) is 12.8 Å². The average molecular weight is 96.2 g/mol. The van der Waals surface area contributed by atoms with Crippen LogP contribution in [-0.4, -0.2) is 0 Å².